The van der Waals surface area contributed by atoms with Crippen molar-refractivity contribution in [3.05, 3.63) is 34.9 Å². The molecule has 1 amide bonds. The lowest BCUT2D eigenvalue weighted by Gasteiger charge is -2.36. The highest BCUT2D eigenvalue weighted by atomic mass is 35.5. The van der Waals surface area contributed by atoms with E-state index in [0.29, 0.717) is 23.7 Å². The summed E-state index contributed by atoms with van der Waals surface area (Å²) in [5.74, 6) is -0.149. The molecule has 1 N–H and O–H groups in total. The fourth-order valence-electron chi connectivity index (χ4n) is 1.54. The van der Waals surface area contributed by atoms with Gasteiger partial charge in [0.25, 0.3) is 5.91 Å². The minimum atomic E-state index is -1.84. The fourth-order valence-corrected chi connectivity index (χ4v) is 2.34. The molecule has 0 spiro atoms. The Bertz CT molecular complexity index is 445. The smallest absolute Gasteiger partial charge is 0.253 e. The number of hydrogen-bond donors (Lipinski definition) is 1. The van der Waals surface area contributed by atoms with Gasteiger partial charge in [0.2, 0.25) is 0 Å². The van der Waals surface area contributed by atoms with E-state index in [9.17, 15) is 9.00 Å². The normalized spacial score (nSPS) is 18.0. The molecule has 0 bridgehead atoms. The largest absolute Gasteiger partial charge is 0.336 e. The van der Waals surface area contributed by atoms with Crippen molar-refractivity contribution in [2.45, 2.75) is 5.25 Å². The summed E-state index contributed by atoms with van der Waals surface area (Å²) in [4.78, 5) is 13.4. The highest BCUT2D eigenvalue weighted by Gasteiger charge is 2.34. The van der Waals surface area contributed by atoms with E-state index in [4.69, 9.17) is 16.2 Å². The van der Waals surface area contributed by atoms with E-state index in [-0.39, 0.29) is 11.2 Å². The van der Waals surface area contributed by atoms with Crippen LogP contribution < -0.4 is 0 Å². The molecule has 0 radical (unpaired) electrons. The van der Waals surface area contributed by atoms with Gasteiger partial charge in [-0.25, -0.2) is 4.21 Å². The van der Waals surface area contributed by atoms with Crippen LogP contribution in [0.1, 0.15) is 10.4 Å². The molecule has 1 aliphatic heterocycles. The monoisotopic (exact) mass is 259 g/mol. The quantitative estimate of drug-likeness (QED) is 0.817. The molecule has 1 unspecified atom stereocenters. The zero-order chi connectivity index (χ0) is 11.7. The Morgan fingerprint density at radius 1 is 1.50 bits per heavy atom. The standard InChI is InChI=1S/C10H10ClNO3S/c11-8-3-1-2-7(4-8)10(13)12-5-9(6-12)16(14)15/h1-4,9H,5-6H2,(H,14,15). The van der Waals surface area contributed by atoms with Crippen molar-refractivity contribution in [2.24, 2.45) is 0 Å². The number of carbonyl (C=O) groups is 1. The minimum Gasteiger partial charge on any atom is -0.336 e. The van der Waals surface area contributed by atoms with E-state index in [1.807, 2.05) is 0 Å². The first-order chi connectivity index (χ1) is 7.58. The summed E-state index contributed by atoms with van der Waals surface area (Å²) in [6.45, 7) is 0.656. The second-order valence-electron chi connectivity index (χ2n) is 3.62. The number of amides is 1. The summed E-state index contributed by atoms with van der Waals surface area (Å²) in [7, 11) is 0. The van der Waals surface area contributed by atoms with Crippen LogP contribution in [0, 0.1) is 0 Å². The summed E-state index contributed by atoms with van der Waals surface area (Å²) in [5, 5.41) is 0.191. The van der Waals surface area contributed by atoms with Gasteiger partial charge in [-0.2, -0.15) is 0 Å². The third-order valence-corrected chi connectivity index (χ3v) is 3.60. The van der Waals surface area contributed by atoms with Gasteiger partial charge in [0.15, 0.2) is 11.1 Å². The number of nitrogens with zero attached hydrogens (tertiary/aromatic N) is 1. The molecule has 6 heteroatoms. The van der Waals surface area contributed by atoms with Gasteiger partial charge in [-0.3, -0.25) is 4.79 Å². The van der Waals surface area contributed by atoms with Crippen LogP contribution in [0.15, 0.2) is 24.3 Å². The molecule has 2 rings (SSSR count). The third-order valence-electron chi connectivity index (χ3n) is 2.49. The molecule has 16 heavy (non-hydrogen) atoms. The van der Waals surface area contributed by atoms with Crippen molar-refractivity contribution in [3.8, 4) is 0 Å². The molecule has 0 aromatic heterocycles. The van der Waals surface area contributed by atoms with Crippen molar-refractivity contribution in [1.82, 2.24) is 4.90 Å². The molecule has 1 atom stereocenters. The van der Waals surface area contributed by atoms with E-state index in [1.165, 1.54) is 4.90 Å². The van der Waals surface area contributed by atoms with Crippen molar-refractivity contribution < 1.29 is 13.6 Å². The predicted octanol–water partition coefficient (Wildman–Crippen LogP) is 1.39. The molecule has 0 saturated carbocycles. The van der Waals surface area contributed by atoms with Gasteiger partial charge in [0.1, 0.15) is 0 Å². The van der Waals surface area contributed by atoms with E-state index in [2.05, 4.69) is 0 Å². The second kappa shape index (κ2) is 4.53. The predicted molar refractivity (Wildman–Crippen MR) is 61.9 cm³/mol. The Morgan fingerprint density at radius 3 is 2.75 bits per heavy atom. The van der Waals surface area contributed by atoms with Gasteiger partial charge in [-0.05, 0) is 18.2 Å². The molecule has 86 valence electrons. The molecule has 1 aliphatic rings. The Labute approximate surface area is 100 Å². The van der Waals surface area contributed by atoms with Crippen LogP contribution in [0.5, 0.6) is 0 Å². The average Bonchev–Trinajstić information content (AvgIpc) is 2.14. The Kier molecular flexibility index (Phi) is 3.28. The zero-order valence-electron chi connectivity index (χ0n) is 8.30. The Hall–Kier alpha value is -0.910. The summed E-state index contributed by atoms with van der Waals surface area (Å²) in [5.41, 5.74) is 0.509. The first kappa shape index (κ1) is 11.6. The zero-order valence-corrected chi connectivity index (χ0v) is 9.87. The van der Waals surface area contributed by atoms with Crippen LogP contribution in [0.4, 0.5) is 0 Å². The van der Waals surface area contributed by atoms with Crippen molar-refractivity contribution >= 4 is 28.6 Å². The molecule has 1 aromatic carbocycles. The Morgan fingerprint density at radius 2 is 2.19 bits per heavy atom. The van der Waals surface area contributed by atoms with Crippen LogP contribution in [-0.2, 0) is 11.1 Å². The van der Waals surface area contributed by atoms with E-state index >= 15 is 0 Å². The number of benzene rings is 1. The Balaban J connectivity index is 2.03. The van der Waals surface area contributed by atoms with Gasteiger partial charge < -0.3 is 9.45 Å². The van der Waals surface area contributed by atoms with Crippen molar-refractivity contribution in [2.75, 3.05) is 13.1 Å². The number of hydrogen-bond acceptors (Lipinski definition) is 2. The highest BCUT2D eigenvalue weighted by Crippen LogP contribution is 2.18. The number of rotatable bonds is 2. The molecule has 1 aromatic rings. The minimum absolute atomic E-state index is 0.149. The molecular formula is C10H10ClNO3S. The number of carbonyl (C=O) groups excluding carboxylic acids is 1. The van der Waals surface area contributed by atoms with Crippen LogP contribution in [0.25, 0.3) is 0 Å². The topological polar surface area (TPSA) is 57.6 Å². The third kappa shape index (κ3) is 2.26. The molecular weight excluding hydrogens is 250 g/mol. The van der Waals surface area contributed by atoms with E-state index in [1.54, 1.807) is 24.3 Å². The van der Waals surface area contributed by atoms with E-state index < -0.39 is 11.1 Å². The molecule has 1 fully saturated rings. The summed E-state index contributed by atoms with van der Waals surface area (Å²) >= 11 is 3.93. The van der Waals surface area contributed by atoms with Crippen molar-refractivity contribution in [1.29, 1.82) is 0 Å². The van der Waals surface area contributed by atoms with Gasteiger partial charge in [0.05, 0.1) is 5.25 Å². The first-order valence-electron chi connectivity index (χ1n) is 4.72. The SMILES string of the molecule is O=C(c1cccc(Cl)c1)N1CC(S(=O)O)C1. The van der Waals surface area contributed by atoms with E-state index in [0.717, 1.165) is 0 Å². The fraction of sp³-hybridized carbons (Fsp3) is 0.300. The summed E-state index contributed by atoms with van der Waals surface area (Å²) in [6.07, 6.45) is 0. The molecule has 0 aliphatic carbocycles. The lowest BCUT2D eigenvalue weighted by Crippen LogP contribution is -2.55. The lowest BCUT2D eigenvalue weighted by atomic mass is 10.1. The van der Waals surface area contributed by atoms with Crippen LogP contribution in [0.3, 0.4) is 0 Å². The maximum atomic E-state index is 11.8. The van der Waals surface area contributed by atoms with Gasteiger partial charge in [-0.1, -0.05) is 17.7 Å². The van der Waals surface area contributed by atoms with Gasteiger partial charge in [-0.15, -0.1) is 0 Å². The maximum absolute atomic E-state index is 11.8. The van der Waals surface area contributed by atoms with Crippen LogP contribution in [0.2, 0.25) is 5.02 Å². The average molecular weight is 260 g/mol. The lowest BCUT2D eigenvalue weighted by molar-refractivity contribution is 0.0658. The van der Waals surface area contributed by atoms with Crippen LogP contribution >= 0.6 is 11.6 Å². The highest BCUT2D eigenvalue weighted by molar-refractivity contribution is 7.80. The summed E-state index contributed by atoms with van der Waals surface area (Å²) < 4.78 is 19.5. The first-order valence-corrected chi connectivity index (χ1v) is 6.27. The van der Waals surface area contributed by atoms with Gasteiger partial charge >= 0.3 is 0 Å². The molecule has 1 saturated heterocycles. The maximum Gasteiger partial charge on any atom is 0.253 e. The van der Waals surface area contributed by atoms with Gasteiger partial charge in [0, 0.05) is 23.7 Å². The van der Waals surface area contributed by atoms with Crippen molar-refractivity contribution in [3.63, 3.8) is 0 Å². The number of halogens is 1. The number of likely N-dealkylation sites (tertiary alicyclic amines) is 1. The van der Waals surface area contributed by atoms with Crippen LogP contribution in [-0.4, -0.2) is 37.9 Å². The molecule has 4 nitrogen and oxygen atoms in total. The molecule has 1 heterocycles. The second-order valence-corrected chi connectivity index (χ2v) is 5.27. The summed E-state index contributed by atoms with van der Waals surface area (Å²) in [6, 6.07) is 6.67.